The van der Waals surface area contributed by atoms with Gasteiger partial charge in [-0.3, -0.25) is 0 Å². The Balaban J connectivity index is 6.04. The predicted molar refractivity (Wildman–Crippen MR) is 82.1 cm³/mol. The number of hydrogen-bond acceptors (Lipinski definition) is 13. The zero-order valence-electron chi connectivity index (χ0n) is 16.3. The molecule has 13 nitrogen and oxygen atoms in total. The third-order valence-corrected chi connectivity index (χ3v) is 4.26. The van der Waals surface area contributed by atoms with Gasteiger partial charge in [-0.05, 0) is 0 Å². The Bertz CT molecular complexity index is 346. The Kier molecular flexibility index (Phi) is 10.8. The Morgan fingerprint density at radius 1 is 0.423 bits per heavy atom. The molecule has 0 rings (SSSR count). The molecular weight excluding hydrogens is 383 g/mol. The largest absolute Gasteiger partial charge is 0.493 e. The number of rotatable bonds is 15. The smallest absolute Gasteiger partial charge is 0.306 e. The zero-order chi connectivity index (χ0) is 20.5. The Morgan fingerprint density at radius 3 is 0.692 bits per heavy atom. The van der Waals surface area contributed by atoms with Gasteiger partial charge < -0.3 is 42.6 Å². The van der Waals surface area contributed by atoms with Crippen molar-refractivity contribution in [3.05, 3.63) is 0 Å². The molecule has 0 atom stereocenters. The van der Waals surface area contributed by atoms with Gasteiger partial charge in [0.15, 0.2) is 0 Å². The quantitative estimate of drug-likeness (QED) is 0.279. The predicted octanol–water partition coefficient (Wildman–Crippen LogP) is 0.796. The normalized spacial score (nSPS) is 14.0. The van der Waals surface area contributed by atoms with E-state index in [1.807, 2.05) is 0 Å². The summed E-state index contributed by atoms with van der Waals surface area (Å²) >= 11 is 0. The van der Waals surface area contributed by atoms with Crippen LogP contribution in [0.4, 0.5) is 0 Å². The van der Waals surface area contributed by atoms with Crippen LogP contribution >= 0.6 is 7.82 Å². The molecule has 0 aliphatic rings. The van der Waals surface area contributed by atoms with E-state index < -0.39 is 26.3 Å². The molecule has 14 heteroatoms. The summed E-state index contributed by atoms with van der Waals surface area (Å²) in [6, 6.07) is 0. The van der Waals surface area contributed by atoms with Crippen molar-refractivity contribution in [2.45, 2.75) is 18.5 Å². The lowest BCUT2D eigenvalue weighted by molar-refractivity contribution is -0.493. The number of ether oxygens (including phenoxy) is 9. The topological polar surface area (TPSA) is 128 Å². The maximum atomic E-state index is 13.3. The summed E-state index contributed by atoms with van der Waals surface area (Å²) in [6.45, 7) is 0. The van der Waals surface area contributed by atoms with Crippen LogP contribution in [0.5, 0.6) is 0 Å². The number of methoxy groups -OCH3 is 9. The zero-order valence-corrected chi connectivity index (χ0v) is 17.1. The number of phosphoric ester groups is 1. The van der Waals surface area contributed by atoms with E-state index in [4.69, 9.17) is 56.2 Å². The van der Waals surface area contributed by atoms with E-state index in [1.54, 1.807) is 0 Å². The Hall–Kier alpha value is -0.250. The first-order valence-electron chi connectivity index (χ1n) is 6.85. The van der Waals surface area contributed by atoms with E-state index in [-0.39, 0.29) is 0 Å². The van der Waals surface area contributed by atoms with Crippen LogP contribution in [0, 0.1) is 0 Å². The van der Waals surface area contributed by atoms with Crippen LogP contribution in [-0.2, 0) is 60.8 Å². The minimum absolute atomic E-state index is 1.14. The molecule has 0 heterocycles. The second kappa shape index (κ2) is 10.9. The summed E-state index contributed by atoms with van der Waals surface area (Å²) in [5, 5.41) is 0. The fraction of sp³-hybridized carbons (Fsp3) is 1.00. The van der Waals surface area contributed by atoms with Gasteiger partial charge in [0.2, 0.25) is 0 Å². The molecule has 0 spiro atoms. The molecule has 0 N–H and O–H groups in total. The standard InChI is InChI=1S/C12H27O13P/c1-14-10(15-2,16-3)23-26(13,24-11(17-4,18-5)19-6)25-12(20-7,21-8)22-9/h1-9H3. The van der Waals surface area contributed by atoms with Crippen LogP contribution in [0.3, 0.4) is 0 Å². The first-order chi connectivity index (χ1) is 12.2. The van der Waals surface area contributed by atoms with Gasteiger partial charge in [0, 0.05) is 64.0 Å². The van der Waals surface area contributed by atoms with Gasteiger partial charge in [-0.2, -0.15) is 0 Å². The van der Waals surface area contributed by atoms with Crippen LogP contribution in [0.15, 0.2) is 0 Å². The highest BCUT2D eigenvalue weighted by Crippen LogP contribution is 2.59. The van der Waals surface area contributed by atoms with Gasteiger partial charge in [0.05, 0.1) is 0 Å². The molecule has 26 heavy (non-hydrogen) atoms. The molecule has 158 valence electrons. The summed E-state index contributed by atoms with van der Waals surface area (Å²) in [5.74, 6) is 0. The van der Waals surface area contributed by atoms with Crippen molar-refractivity contribution in [3.63, 3.8) is 0 Å². The van der Waals surface area contributed by atoms with Crippen LogP contribution in [0.2, 0.25) is 0 Å². The van der Waals surface area contributed by atoms with Crippen LogP contribution in [0.25, 0.3) is 0 Å². The van der Waals surface area contributed by atoms with Crippen molar-refractivity contribution < 1.29 is 60.8 Å². The highest BCUT2D eigenvalue weighted by atomic mass is 31.2. The molecule has 0 aromatic rings. The van der Waals surface area contributed by atoms with Crippen molar-refractivity contribution in [1.29, 1.82) is 0 Å². The van der Waals surface area contributed by atoms with E-state index in [0.29, 0.717) is 0 Å². The van der Waals surface area contributed by atoms with Crippen molar-refractivity contribution in [1.82, 2.24) is 0 Å². The monoisotopic (exact) mass is 410 g/mol. The maximum Gasteiger partial charge on any atom is 0.493 e. The molecule has 0 bridgehead atoms. The highest BCUT2D eigenvalue weighted by molar-refractivity contribution is 7.48. The van der Waals surface area contributed by atoms with Crippen LogP contribution in [-0.4, -0.2) is 82.5 Å². The first kappa shape index (κ1) is 25.8. The van der Waals surface area contributed by atoms with Crippen LogP contribution in [0.1, 0.15) is 0 Å². The molecule has 0 fully saturated rings. The van der Waals surface area contributed by atoms with Crippen molar-refractivity contribution in [2.24, 2.45) is 0 Å². The highest BCUT2D eigenvalue weighted by Gasteiger charge is 2.55. The van der Waals surface area contributed by atoms with Gasteiger partial charge in [-0.1, -0.05) is 0 Å². The van der Waals surface area contributed by atoms with Crippen molar-refractivity contribution >= 4 is 7.82 Å². The molecule has 0 saturated heterocycles. The van der Waals surface area contributed by atoms with Crippen molar-refractivity contribution in [3.8, 4) is 0 Å². The summed E-state index contributed by atoms with van der Waals surface area (Å²) in [6.07, 6.45) is -6.92. The lowest BCUT2D eigenvalue weighted by Gasteiger charge is -2.37. The lowest BCUT2D eigenvalue weighted by Crippen LogP contribution is -2.45. The summed E-state index contributed by atoms with van der Waals surface area (Å²) in [4.78, 5) is 0. The maximum absolute atomic E-state index is 13.3. The molecule has 0 saturated carbocycles. The molecular formula is C12H27O13P. The number of hydrogen-bond donors (Lipinski definition) is 0. The summed E-state index contributed by atoms with van der Waals surface area (Å²) < 4.78 is 73.1. The van der Waals surface area contributed by atoms with Gasteiger partial charge >= 0.3 is 26.3 Å². The van der Waals surface area contributed by atoms with E-state index in [9.17, 15) is 4.57 Å². The third-order valence-electron chi connectivity index (χ3n) is 2.92. The SMILES string of the molecule is COC(OC)(OC)OP(=O)(OC(OC)(OC)OC)OC(OC)(OC)OC. The molecule has 0 aliphatic carbocycles. The Labute approximate surface area is 152 Å². The van der Waals surface area contributed by atoms with Gasteiger partial charge in [0.25, 0.3) is 0 Å². The van der Waals surface area contributed by atoms with Gasteiger partial charge in [0.1, 0.15) is 0 Å². The lowest BCUT2D eigenvalue weighted by atomic mass is 11.0. The molecule has 0 aromatic heterocycles. The minimum atomic E-state index is -4.86. The average molecular weight is 410 g/mol. The van der Waals surface area contributed by atoms with Gasteiger partial charge in [-0.25, -0.2) is 18.1 Å². The summed E-state index contributed by atoms with van der Waals surface area (Å²) in [7, 11) is 5.43. The average Bonchev–Trinajstić information content (AvgIpc) is 2.69. The third kappa shape index (κ3) is 6.14. The Morgan fingerprint density at radius 2 is 0.577 bits per heavy atom. The molecule has 0 aromatic carbocycles. The van der Waals surface area contributed by atoms with Crippen molar-refractivity contribution in [2.75, 3.05) is 64.0 Å². The fourth-order valence-corrected chi connectivity index (χ4v) is 3.16. The second-order valence-corrected chi connectivity index (χ2v) is 5.50. The first-order valence-corrected chi connectivity index (χ1v) is 8.31. The molecule has 0 radical (unpaired) electrons. The van der Waals surface area contributed by atoms with Gasteiger partial charge in [-0.15, -0.1) is 0 Å². The molecule has 0 aliphatic heterocycles. The minimum Gasteiger partial charge on any atom is -0.306 e. The molecule has 0 unspecified atom stereocenters. The second-order valence-electron chi connectivity index (χ2n) is 4.06. The summed E-state index contributed by atoms with van der Waals surface area (Å²) in [5.41, 5.74) is 0. The number of phosphoric acid groups is 1. The van der Waals surface area contributed by atoms with E-state index in [1.165, 1.54) is 0 Å². The van der Waals surface area contributed by atoms with E-state index in [0.717, 1.165) is 64.0 Å². The van der Waals surface area contributed by atoms with Crippen LogP contribution < -0.4 is 0 Å². The fourth-order valence-electron chi connectivity index (χ4n) is 1.55. The molecule has 0 amide bonds. The van der Waals surface area contributed by atoms with E-state index >= 15 is 0 Å². The van der Waals surface area contributed by atoms with E-state index in [2.05, 4.69) is 0 Å².